The highest BCUT2D eigenvalue weighted by atomic mass is 32.2. The summed E-state index contributed by atoms with van der Waals surface area (Å²) in [6.45, 7) is 4.23. The number of hydrogen-bond acceptors (Lipinski definition) is 9. The van der Waals surface area contributed by atoms with Gasteiger partial charge in [0, 0.05) is 57.6 Å². The molecule has 1 aliphatic heterocycles. The van der Waals surface area contributed by atoms with Crippen molar-refractivity contribution in [1.29, 1.82) is 0 Å². The largest absolute Gasteiger partial charge is 0.489 e. The summed E-state index contributed by atoms with van der Waals surface area (Å²) < 4.78 is 20.7. The van der Waals surface area contributed by atoms with Crippen molar-refractivity contribution in [2.75, 3.05) is 25.5 Å². The number of anilines is 2. The Morgan fingerprint density at radius 2 is 1.91 bits per heavy atom. The van der Waals surface area contributed by atoms with E-state index in [0.717, 1.165) is 70.2 Å². The quantitative estimate of drug-likeness (QED) is 0.237. The zero-order valence-electron chi connectivity index (χ0n) is 24.0. The Hall–Kier alpha value is -3.93. The summed E-state index contributed by atoms with van der Waals surface area (Å²) in [5.41, 5.74) is 3.41. The van der Waals surface area contributed by atoms with Gasteiger partial charge in [0.05, 0.1) is 17.3 Å². The number of ether oxygens (including phenoxy) is 1. The number of fused-ring (bicyclic) bond motifs is 1. The second-order valence-electron chi connectivity index (χ2n) is 11.3. The molecule has 11 heteroatoms. The van der Waals surface area contributed by atoms with Crippen molar-refractivity contribution in [3.63, 3.8) is 0 Å². The molecule has 1 saturated carbocycles. The van der Waals surface area contributed by atoms with Gasteiger partial charge in [0.2, 0.25) is 5.95 Å². The van der Waals surface area contributed by atoms with E-state index in [0.29, 0.717) is 17.2 Å². The summed E-state index contributed by atoms with van der Waals surface area (Å²) in [5, 5.41) is 6.92. The van der Waals surface area contributed by atoms with E-state index in [-0.39, 0.29) is 23.5 Å². The van der Waals surface area contributed by atoms with Crippen LogP contribution in [0.1, 0.15) is 29.8 Å². The fraction of sp³-hybridized carbons (Fsp3) is 0.312. The summed E-state index contributed by atoms with van der Waals surface area (Å²) in [7, 11) is 1.04. The Morgan fingerprint density at radius 3 is 2.63 bits per heavy atom. The molecule has 2 atom stereocenters. The lowest BCUT2D eigenvalue weighted by Gasteiger charge is -2.15. The van der Waals surface area contributed by atoms with Crippen LogP contribution in [0.25, 0.3) is 22.2 Å². The molecule has 0 spiro atoms. The van der Waals surface area contributed by atoms with Gasteiger partial charge in [-0.25, -0.2) is 9.97 Å². The van der Waals surface area contributed by atoms with Crippen molar-refractivity contribution in [3.05, 3.63) is 87.2 Å². The number of nitrogens with zero attached hydrogens (tertiary/aromatic N) is 5. The summed E-state index contributed by atoms with van der Waals surface area (Å²) in [4.78, 5) is 31.0. The molecule has 2 unspecified atom stereocenters. The van der Waals surface area contributed by atoms with E-state index in [4.69, 9.17) is 9.72 Å². The Morgan fingerprint density at radius 1 is 1.07 bits per heavy atom. The van der Waals surface area contributed by atoms with Crippen LogP contribution in [0, 0.1) is 6.92 Å². The van der Waals surface area contributed by atoms with Crippen molar-refractivity contribution < 1.29 is 8.95 Å². The third-order valence-corrected chi connectivity index (χ3v) is 10.5. The van der Waals surface area contributed by atoms with E-state index in [1.165, 1.54) is 11.3 Å². The molecule has 3 aromatic heterocycles. The standard InChI is InChI=1S/C32H32N6O3S2/c1-20-3-8-26(43(40)25-9-10-25)16-27(20)28-15-21-17-34-32(36-30(21)38(31(28)39)19-29-33-12-14-42-29)35-22-4-6-23(7-5-22)41-24-11-13-37(2)18-24/h3-8,12,14-17,24-25H,9-11,13,18-19H2,1-2H3,(H,34,35,36). The second kappa shape index (κ2) is 11.6. The van der Waals surface area contributed by atoms with Crippen LogP contribution in [0.3, 0.4) is 0 Å². The highest BCUT2D eigenvalue weighted by Crippen LogP contribution is 2.33. The van der Waals surface area contributed by atoms with Gasteiger partial charge in [-0.2, -0.15) is 4.98 Å². The number of likely N-dealkylation sites (tertiary alicyclic amines) is 1. The van der Waals surface area contributed by atoms with E-state index >= 15 is 0 Å². The number of thiazole rings is 1. The number of nitrogens with one attached hydrogen (secondary N) is 1. The minimum absolute atomic E-state index is 0.177. The first-order valence-electron chi connectivity index (χ1n) is 14.4. The Balaban J connectivity index is 1.23. The van der Waals surface area contributed by atoms with Crippen LogP contribution in [-0.4, -0.2) is 60.1 Å². The predicted octanol–water partition coefficient (Wildman–Crippen LogP) is 5.37. The number of likely N-dealkylation sites (N-methyl/N-ethyl adjacent to an activating group) is 1. The van der Waals surface area contributed by atoms with Gasteiger partial charge in [0.25, 0.3) is 5.56 Å². The number of benzene rings is 2. The van der Waals surface area contributed by atoms with E-state index < -0.39 is 10.8 Å². The first-order chi connectivity index (χ1) is 20.9. The maximum absolute atomic E-state index is 14.1. The third kappa shape index (κ3) is 5.97. The second-order valence-corrected chi connectivity index (χ2v) is 14.0. The normalized spacial score (nSPS) is 17.8. The fourth-order valence-electron chi connectivity index (χ4n) is 5.45. The Kier molecular flexibility index (Phi) is 7.54. The molecular formula is C32H32N6O3S2. The van der Waals surface area contributed by atoms with Gasteiger partial charge in [-0.15, -0.1) is 11.3 Å². The van der Waals surface area contributed by atoms with Crippen molar-refractivity contribution in [3.8, 4) is 16.9 Å². The Bertz CT molecular complexity index is 1870. The monoisotopic (exact) mass is 612 g/mol. The molecule has 0 radical (unpaired) electrons. The average Bonchev–Trinajstić information content (AvgIpc) is 3.58. The van der Waals surface area contributed by atoms with Gasteiger partial charge >= 0.3 is 0 Å². The lowest BCUT2D eigenvalue weighted by Crippen LogP contribution is -2.24. The summed E-state index contributed by atoms with van der Waals surface area (Å²) >= 11 is 1.49. The molecule has 2 fully saturated rings. The number of hydrogen-bond donors (Lipinski definition) is 1. The molecular weight excluding hydrogens is 581 g/mol. The van der Waals surface area contributed by atoms with Crippen LogP contribution in [0.5, 0.6) is 5.75 Å². The minimum atomic E-state index is -1.07. The number of pyridine rings is 1. The Labute approximate surface area is 256 Å². The van der Waals surface area contributed by atoms with Crippen molar-refractivity contribution in [2.45, 2.75) is 49.0 Å². The van der Waals surface area contributed by atoms with Gasteiger partial charge < -0.3 is 15.0 Å². The smallest absolute Gasteiger partial charge is 0.260 e. The molecule has 43 heavy (non-hydrogen) atoms. The molecule has 2 aromatic carbocycles. The number of aromatic nitrogens is 4. The van der Waals surface area contributed by atoms with E-state index in [1.54, 1.807) is 17.0 Å². The SMILES string of the molecule is Cc1ccc(S(=O)C2CC2)cc1-c1cc2cnc(Nc3ccc(OC4CCN(C)C4)cc3)nc2n(Cc2nccs2)c1=O. The topological polar surface area (TPSA) is 102 Å². The van der Waals surface area contributed by atoms with Crippen LogP contribution >= 0.6 is 11.3 Å². The van der Waals surface area contributed by atoms with Crippen LogP contribution in [0.2, 0.25) is 0 Å². The fourth-order valence-corrected chi connectivity index (χ4v) is 7.43. The molecule has 2 aliphatic rings. The zero-order chi connectivity index (χ0) is 29.5. The van der Waals surface area contributed by atoms with Crippen LogP contribution in [0.15, 0.2) is 76.0 Å². The first kappa shape index (κ1) is 27.9. The van der Waals surface area contributed by atoms with Crippen molar-refractivity contribution in [1.82, 2.24) is 24.4 Å². The molecule has 9 nitrogen and oxygen atoms in total. The molecule has 0 amide bonds. The maximum atomic E-state index is 14.1. The van der Waals surface area contributed by atoms with Gasteiger partial charge in [-0.3, -0.25) is 13.6 Å². The van der Waals surface area contributed by atoms with Crippen molar-refractivity contribution >= 4 is 44.8 Å². The summed E-state index contributed by atoms with van der Waals surface area (Å²) in [6.07, 6.45) is 6.67. The molecule has 5 aromatic rings. The van der Waals surface area contributed by atoms with E-state index in [2.05, 4.69) is 27.2 Å². The molecule has 1 saturated heterocycles. The summed E-state index contributed by atoms with van der Waals surface area (Å²) in [5.74, 6) is 1.21. The molecule has 0 bridgehead atoms. The van der Waals surface area contributed by atoms with Gasteiger partial charge in [-0.1, -0.05) is 6.07 Å². The summed E-state index contributed by atoms with van der Waals surface area (Å²) in [6, 6.07) is 15.4. The van der Waals surface area contributed by atoms with Gasteiger partial charge in [0.1, 0.15) is 22.5 Å². The van der Waals surface area contributed by atoms with E-state index in [1.807, 2.05) is 60.8 Å². The molecule has 7 rings (SSSR count). The molecule has 220 valence electrons. The third-order valence-electron chi connectivity index (χ3n) is 7.92. The lowest BCUT2D eigenvalue weighted by atomic mass is 10.0. The van der Waals surface area contributed by atoms with Crippen LogP contribution < -0.4 is 15.6 Å². The van der Waals surface area contributed by atoms with Gasteiger partial charge in [-0.05, 0) is 86.8 Å². The minimum Gasteiger partial charge on any atom is -0.489 e. The van der Waals surface area contributed by atoms with Crippen LogP contribution in [0.4, 0.5) is 11.6 Å². The van der Waals surface area contributed by atoms with Crippen LogP contribution in [-0.2, 0) is 17.3 Å². The first-order valence-corrected chi connectivity index (χ1v) is 16.5. The number of aryl methyl sites for hydroxylation is 1. The number of rotatable bonds is 9. The zero-order valence-corrected chi connectivity index (χ0v) is 25.7. The molecule has 1 N–H and O–H groups in total. The lowest BCUT2D eigenvalue weighted by molar-refractivity contribution is 0.208. The van der Waals surface area contributed by atoms with E-state index in [9.17, 15) is 9.00 Å². The van der Waals surface area contributed by atoms with Crippen molar-refractivity contribution in [2.24, 2.45) is 0 Å². The predicted molar refractivity (Wildman–Crippen MR) is 171 cm³/mol. The molecule has 1 aliphatic carbocycles. The molecule has 4 heterocycles. The van der Waals surface area contributed by atoms with Gasteiger partial charge in [0.15, 0.2) is 0 Å². The highest BCUT2D eigenvalue weighted by molar-refractivity contribution is 7.86. The maximum Gasteiger partial charge on any atom is 0.260 e. The highest BCUT2D eigenvalue weighted by Gasteiger charge is 2.30. The average molecular weight is 613 g/mol.